The van der Waals surface area contributed by atoms with Crippen molar-refractivity contribution in [3.63, 3.8) is 0 Å². The largest absolute Gasteiger partial charge is 0.368 e. The van der Waals surface area contributed by atoms with Crippen LogP contribution in [0.3, 0.4) is 0 Å². The van der Waals surface area contributed by atoms with Crippen LogP contribution in [0.5, 0.6) is 0 Å². The third kappa shape index (κ3) is 4.41. The first-order chi connectivity index (χ1) is 12.2. The number of carbonyl (C=O) groups excluding carboxylic acids is 2. The molecule has 2 N–H and O–H groups in total. The van der Waals surface area contributed by atoms with Crippen LogP contribution in [0.15, 0.2) is 53.4 Å². The minimum atomic E-state index is -0.397. The summed E-state index contributed by atoms with van der Waals surface area (Å²) in [6, 6.07) is 14.5. The standard InChI is InChI=1S/C19H20N2O3S/c1-25-17-10-3-2-8-15(17)21-18(22)13-6-4-7-14(12-13)20-19(23)16-9-5-11-24-16/h2-4,6-8,10,12,16H,5,9,11H2,1H3,(H,20,23)(H,21,22). The van der Waals surface area contributed by atoms with E-state index in [9.17, 15) is 9.59 Å². The maximum Gasteiger partial charge on any atom is 0.255 e. The highest BCUT2D eigenvalue weighted by atomic mass is 32.2. The summed E-state index contributed by atoms with van der Waals surface area (Å²) in [5.74, 6) is -0.377. The summed E-state index contributed by atoms with van der Waals surface area (Å²) in [6.07, 6.45) is 3.20. The highest BCUT2D eigenvalue weighted by molar-refractivity contribution is 7.98. The molecule has 0 spiro atoms. The number of nitrogens with one attached hydrogen (secondary N) is 2. The number of hydrogen-bond acceptors (Lipinski definition) is 4. The molecule has 130 valence electrons. The lowest BCUT2D eigenvalue weighted by molar-refractivity contribution is -0.124. The Hall–Kier alpha value is -2.31. The van der Waals surface area contributed by atoms with Crippen molar-refractivity contribution in [1.29, 1.82) is 0 Å². The first-order valence-corrected chi connectivity index (χ1v) is 9.37. The highest BCUT2D eigenvalue weighted by Gasteiger charge is 2.23. The molecule has 0 aliphatic carbocycles. The van der Waals surface area contributed by atoms with Gasteiger partial charge in [0.15, 0.2) is 0 Å². The van der Waals surface area contributed by atoms with Gasteiger partial charge >= 0.3 is 0 Å². The molecule has 1 fully saturated rings. The van der Waals surface area contributed by atoms with Gasteiger partial charge in [0, 0.05) is 22.8 Å². The van der Waals surface area contributed by atoms with Gasteiger partial charge in [-0.2, -0.15) is 0 Å². The highest BCUT2D eigenvalue weighted by Crippen LogP contribution is 2.25. The van der Waals surface area contributed by atoms with Crippen molar-refractivity contribution >= 4 is 35.0 Å². The Morgan fingerprint density at radius 2 is 1.96 bits per heavy atom. The molecular weight excluding hydrogens is 336 g/mol. The zero-order valence-corrected chi connectivity index (χ0v) is 14.8. The summed E-state index contributed by atoms with van der Waals surface area (Å²) in [5.41, 5.74) is 1.85. The fraction of sp³-hybridized carbons (Fsp3) is 0.263. The van der Waals surface area contributed by atoms with E-state index in [-0.39, 0.29) is 11.8 Å². The molecule has 2 amide bonds. The maximum absolute atomic E-state index is 12.5. The van der Waals surface area contributed by atoms with E-state index in [0.717, 1.165) is 23.4 Å². The molecule has 25 heavy (non-hydrogen) atoms. The van der Waals surface area contributed by atoms with Gasteiger partial charge in [-0.05, 0) is 49.4 Å². The van der Waals surface area contributed by atoms with Crippen molar-refractivity contribution in [3.05, 3.63) is 54.1 Å². The second kappa shape index (κ2) is 8.18. The Balaban J connectivity index is 1.70. The Labute approximate surface area is 151 Å². The molecule has 1 aliphatic heterocycles. The summed E-state index contributed by atoms with van der Waals surface area (Å²) in [7, 11) is 0. The average molecular weight is 356 g/mol. The lowest BCUT2D eigenvalue weighted by Gasteiger charge is -2.12. The van der Waals surface area contributed by atoms with E-state index in [1.54, 1.807) is 36.0 Å². The zero-order valence-electron chi connectivity index (χ0n) is 14.0. The van der Waals surface area contributed by atoms with Gasteiger partial charge in [-0.25, -0.2) is 0 Å². The number of rotatable bonds is 5. The SMILES string of the molecule is CSc1ccccc1NC(=O)c1cccc(NC(=O)C2CCCO2)c1. The minimum absolute atomic E-state index is 0.164. The minimum Gasteiger partial charge on any atom is -0.368 e. The van der Waals surface area contributed by atoms with Crippen molar-refractivity contribution in [2.75, 3.05) is 23.5 Å². The van der Waals surface area contributed by atoms with Crippen molar-refractivity contribution in [2.24, 2.45) is 0 Å². The fourth-order valence-corrected chi connectivity index (χ4v) is 3.24. The molecule has 5 nitrogen and oxygen atoms in total. The molecule has 0 bridgehead atoms. The second-order valence-corrected chi connectivity index (χ2v) is 6.57. The molecule has 2 aromatic rings. The Kier molecular flexibility index (Phi) is 5.73. The lowest BCUT2D eigenvalue weighted by Crippen LogP contribution is -2.27. The van der Waals surface area contributed by atoms with E-state index in [2.05, 4.69) is 10.6 Å². The van der Waals surface area contributed by atoms with Gasteiger partial charge in [0.05, 0.1) is 5.69 Å². The van der Waals surface area contributed by atoms with E-state index in [1.807, 2.05) is 30.5 Å². The summed E-state index contributed by atoms with van der Waals surface area (Å²) >= 11 is 1.57. The van der Waals surface area contributed by atoms with Gasteiger partial charge in [-0.15, -0.1) is 11.8 Å². The Morgan fingerprint density at radius 3 is 2.72 bits per heavy atom. The molecular formula is C19H20N2O3S. The fourth-order valence-electron chi connectivity index (χ4n) is 2.69. The van der Waals surface area contributed by atoms with Crippen molar-refractivity contribution in [3.8, 4) is 0 Å². The molecule has 1 aliphatic rings. The van der Waals surface area contributed by atoms with E-state index >= 15 is 0 Å². The topological polar surface area (TPSA) is 67.4 Å². The molecule has 6 heteroatoms. The van der Waals surface area contributed by atoms with Crippen LogP contribution in [0, 0.1) is 0 Å². The van der Waals surface area contributed by atoms with Gasteiger partial charge in [-0.3, -0.25) is 9.59 Å². The van der Waals surface area contributed by atoms with E-state index in [4.69, 9.17) is 4.74 Å². The summed E-state index contributed by atoms with van der Waals surface area (Å²) in [6.45, 7) is 0.620. The molecule has 1 heterocycles. The number of para-hydroxylation sites is 1. The first kappa shape index (κ1) is 17.5. The number of carbonyl (C=O) groups is 2. The normalized spacial score (nSPS) is 16.4. The first-order valence-electron chi connectivity index (χ1n) is 8.14. The molecule has 1 saturated heterocycles. The Morgan fingerprint density at radius 1 is 1.12 bits per heavy atom. The van der Waals surface area contributed by atoms with Crippen LogP contribution in [-0.4, -0.2) is 30.8 Å². The predicted octanol–water partition coefficient (Wildman–Crippen LogP) is 3.78. The molecule has 2 aromatic carbocycles. The number of ether oxygens (including phenoxy) is 1. The van der Waals surface area contributed by atoms with Gasteiger partial charge in [0.2, 0.25) is 0 Å². The molecule has 1 atom stereocenters. The van der Waals surface area contributed by atoms with Crippen LogP contribution in [0.4, 0.5) is 11.4 Å². The van der Waals surface area contributed by atoms with Gasteiger partial charge in [-0.1, -0.05) is 18.2 Å². The van der Waals surface area contributed by atoms with Crippen LogP contribution in [-0.2, 0) is 9.53 Å². The lowest BCUT2D eigenvalue weighted by atomic mass is 10.1. The molecule has 3 rings (SSSR count). The van der Waals surface area contributed by atoms with Crippen molar-refractivity contribution < 1.29 is 14.3 Å². The average Bonchev–Trinajstić information content (AvgIpc) is 3.17. The predicted molar refractivity (Wildman–Crippen MR) is 100 cm³/mol. The molecule has 0 radical (unpaired) electrons. The van der Waals surface area contributed by atoms with Crippen LogP contribution in [0.1, 0.15) is 23.2 Å². The number of thioether (sulfide) groups is 1. The van der Waals surface area contributed by atoms with E-state index < -0.39 is 6.10 Å². The van der Waals surface area contributed by atoms with Gasteiger partial charge in [0.1, 0.15) is 6.10 Å². The monoisotopic (exact) mass is 356 g/mol. The maximum atomic E-state index is 12.5. The van der Waals surface area contributed by atoms with Crippen LogP contribution < -0.4 is 10.6 Å². The summed E-state index contributed by atoms with van der Waals surface area (Å²) in [4.78, 5) is 25.6. The van der Waals surface area contributed by atoms with Crippen LogP contribution in [0.2, 0.25) is 0 Å². The summed E-state index contributed by atoms with van der Waals surface area (Å²) in [5, 5.41) is 5.73. The summed E-state index contributed by atoms with van der Waals surface area (Å²) < 4.78 is 5.38. The van der Waals surface area contributed by atoms with Crippen molar-refractivity contribution in [2.45, 2.75) is 23.8 Å². The number of hydrogen-bond donors (Lipinski definition) is 2. The van der Waals surface area contributed by atoms with E-state index in [1.165, 1.54) is 0 Å². The Bertz CT molecular complexity index is 773. The second-order valence-electron chi connectivity index (χ2n) is 5.73. The third-order valence-corrected chi connectivity index (χ3v) is 4.77. The number of anilines is 2. The number of benzene rings is 2. The van der Waals surface area contributed by atoms with Crippen LogP contribution >= 0.6 is 11.8 Å². The quantitative estimate of drug-likeness (QED) is 0.800. The van der Waals surface area contributed by atoms with Crippen molar-refractivity contribution in [1.82, 2.24) is 0 Å². The van der Waals surface area contributed by atoms with Gasteiger partial charge < -0.3 is 15.4 Å². The zero-order chi connectivity index (χ0) is 17.6. The smallest absolute Gasteiger partial charge is 0.255 e. The van der Waals surface area contributed by atoms with Gasteiger partial charge in [0.25, 0.3) is 11.8 Å². The molecule has 0 saturated carbocycles. The van der Waals surface area contributed by atoms with E-state index in [0.29, 0.717) is 17.9 Å². The van der Waals surface area contributed by atoms with Crippen LogP contribution in [0.25, 0.3) is 0 Å². The third-order valence-electron chi connectivity index (χ3n) is 3.97. The molecule has 1 unspecified atom stereocenters. The molecule has 0 aromatic heterocycles. The number of amides is 2.